The molecule has 1 fully saturated rings. The summed E-state index contributed by atoms with van der Waals surface area (Å²) >= 11 is 0. The molecule has 1 saturated heterocycles. The SMILES string of the molecule is c1cnn2c(CC3CCCCNC3)nnc2c1. The number of nitrogens with one attached hydrogen (secondary N) is 1. The predicted octanol–water partition coefficient (Wildman–Crippen LogP) is 1.06. The number of nitrogens with zero attached hydrogens (tertiary/aromatic N) is 4. The average Bonchev–Trinajstić information content (AvgIpc) is 2.59. The molecule has 3 heterocycles. The van der Waals surface area contributed by atoms with Gasteiger partial charge in [-0.25, -0.2) is 0 Å². The maximum Gasteiger partial charge on any atom is 0.177 e. The zero-order valence-corrected chi connectivity index (χ0v) is 9.84. The Morgan fingerprint density at radius 1 is 1.35 bits per heavy atom. The summed E-state index contributed by atoms with van der Waals surface area (Å²) in [6, 6.07) is 3.83. The van der Waals surface area contributed by atoms with Crippen molar-refractivity contribution < 1.29 is 0 Å². The lowest BCUT2D eigenvalue weighted by molar-refractivity contribution is 0.462. The fraction of sp³-hybridized carbons (Fsp3) is 0.583. The van der Waals surface area contributed by atoms with Crippen LogP contribution in [-0.4, -0.2) is 32.9 Å². The second kappa shape index (κ2) is 4.79. The van der Waals surface area contributed by atoms with Crippen LogP contribution in [0, 0.1) is 5.92 Å². The van der Waals surface area contributed by atoms with Gasteiger partial charge in [-0.15, -0.1) is 10.2 Å². The molecule has 1 aliphatic rings. The molecule has 1 atom stereocenters. The molecular formula is C12H17N5. The summed E-state index contributed by atoms with van der Waals surface area (Å²) in [5, 5.41) is 16.2. The van der Waals surface area contributed by atoms with Crippen LogP contribution in [0.15, 0.2) is 18.3 Å². The van der Waals surface area contributed by atoms with Crippen LogP contribution < -0.4 is 5.32 Å². The van der Waals surface area contributed by atoms with Gasteiger partial charge in [0.2, 0.25) is 0 Å². The molecule has 90 valence electrons. The van der Waals surface area contributed by atoms with Crippen molar-refractivity contribution in [1.82, 2.24) is 25.1 Å². The highest BCUT2D eigenvalue weighted by Gasteiger charge is 2.16. The molecule has 1 aliphatic heterocycles. The molecule has 2 aromatic heterocycles. The highest BCUT2D eigenvalue weighted by Crippen LogP contribution is 2.16. The van der Waals surface area contributed by atoms with E-state index < -0.39 is 0 Å². The fourth-order valence-corrected chi connectivity index (χ4v) is 2.44. The minimum Gasteiger partial charge on any atom is -0.316 e. The number of fused-ring (bicyclic) bond motifs is 1. The topological polar surface area (TPSA) is 55.1 Å². The molecule has 0 amide bonds. The van der Waals surface area contributed by atoms with E-state index in [2.05, 4.69) is 20.6 Å². The Hall–Kier alpha value is -1.49. The molecule has 3 rings (SSSR count). The standard InChI is InChI=1S/C12H17N5/c1-2-6-13-9-10(4-1)8-12-16-15-11-5-3-7-14-17(11)12/h3,5,7,10,13H,1-2,4,6,8-9H2. The monoisotopic (exact) mass is 231 g/mol. The van der Waals surface area contributed by atoms with Gasteiger partial charge < -0.3 is 5.32 Å². The van der Waals surface area contributed by atoms with Gasteiger partial charge in [0.25, 0.3) is 0 Å². The molecule has 0 bridgehead atoms. The summed E-state index contributed by atoms with van der Waals surface area (Å²) in [6.07, 6.45) is 6.61. The second-order valence-electron chi connectivity index (χ2n) is 4.68. The van der Waals surface area contributed by atoms with Crippen molar-refractivity contribution in [3.05, 3.63) is 24.2 Å². The zero-order valence-electron chi connectivity index (χ0n) is 9.84. The molecule has 0 aromatic carbocycles. The van der Waals surface area contributed by atoms with Crippen LogP contribution in [0.5, 0.6) is 0 Å². The minimum atomic E-state index is 0.659. The Balaban J connectivity index is 1.79. The summed E-state index contributed by atoms with van der Waals surface area (Å²) in [5.41, 5.74) is 0.837. The first-order valence-corrected chi connectivity index (χ1v) is 6.29. The van der Waals surface area contributed by atoms with Crippen molar-refractivity contribution in [2.24, 2.45) is 5.92 Å². The van der Waals surface area contributed by atoms with Gasteiger partial charge in [-0.1, -0.05) is 6.42 Å². The molecular weight excluding hydrogens is 214 g/mol. The van der Waals surface area contributed by atoms with E-state index in [9.17, 15) is 0 Å². The maximum atomic E-state index is 4.30. The molecule has 5 heteroatoms. The smallest absolute Gasteiger partial charge is 0.177 e. The third kappa shape index (κ3) is 2.29. The van der Waals surface area contributed by atoms with Gasteiger partial charge in [0.05, 0.1) is 0 Å². The molecule has 1 unspecified atom stereocenters. The van der Waals surface area contributed by atoms with E-state index in [-0.39, 0.29) is 0 Å². The molecule has 0 saturated carbocycles. The lowest BCUT2D eigenvalue weighted by Crippen LogP contribution is -2.22. The van der Waals surface area contributed by atoms with Crippen LogP contribution in [0.1, 0.15) is 25.1 Å². The summed E-state index contributed by atoms with van der Waals surface area (Å²) in [5.74, 6) is 1.64. The Labute approximate surface area is 100 Å². The van der Waals surface area contributed by atoms with Gasteiger partial charge in [0.15, 0.2) is 11.5 Å². The molecule has 1 N–H and O–H groups in total. The molecule has 5 nitrogen and oxygen atoms in total. The van der Waals surface area contributed by atoms with Gasteiger partial charge in [-0.2, -0.15) is 9.61 Å². The van der Waals surface area contributed by atoms with Crippen LogP contribution in [-0.2, 0) is 6.42 Å². The fourth-order valence-electron chi connectivity index (χ4n) is 2.44. The van der Waals surface area contributed by atoms with Crippen molar-refractivity contribution in [2.45, 2.75) is 25.7 Å². The number of aromatic nitrogens is 4. The average molecular weight is 231 g/mol. The van der Waals surface area contributed by atoms with Crippen LogP contribution in [0.25, 0.3) is 5.65 Å². The Morgan fingerprint density at radius 3 is 3.35 bits per heavy atom. The van der Waals surface area contributed by atoms with E-state index in [4.69, 9.17) is 0 Å². The predicted molar refractivity (Wildman–Crippen MR) is 64.7 cm³/mol. The van der Waals surface area contributed by atoms with E-state index in [1.807, 2.05) is 16.6 Å². The number of hydrogen-bond donors (Lipinski definition) is 1. The van der Waals surface area contributed by atoms with E-state index >= 15 is 0 Å². The van der Waals surface area contributed by atoms with Crippen LogP contribution >= 0.6 is 0 Å². The summed E-state index contributed by atoms with van der Waals surface area (Å²) in [4.78, 5) is 0. The highest BCUT2D eigenvalue weighted by molar-refractivity contribution is 5.34. The summed E-state index contributed by atoms with van der Waals surface area (Å²) in [7, 11) is 0. The lowest BCUT2D eigenvalue weighted by Gasteiger charge is -2.12. The van der Waals surface area contributed by atoms with Gasteiger partial charge in [-0.05, 0) is 44.0 Å². The third-order valence-corrected chi connectivity index (χ3v) is 3.36. The van der Waals surface area contributed by atoms with Crippen molar-refractivity contribution in [1.29, 1.82) is 0 Å². The number of rotatable bonds is 2. The third-order valence-electron chi connectivity index (χ3n) is 3.36. The van der Waals surface area contributed by atoms with Crippen LogP contribution in [0.2, 0.25) is 0 Å². The van der Waals surface area contributed by atoms with Gasteiger partial charge >= 0.3 is 0 Å². The van der Waals surface area contributed by atoms with Crippen molar-refractivity contribution in [3.63, 3.8) is 0 Å². The Kier molecular flexibility index (Phi) is 3.00. The van der Waals surface area contributed by atoms with Gasteiger partial charge in [0, 0.05) is 12.6 Å². The normalized spacial score (nSPS) is 21.5. The second-order valence-corrected chi connectivity index (χ2v) is 4.68. The minimum absolute atomic E-state index is 0.659. The first-order valence-electron chi connectivity index (χ1n) is 6.29. The molecule has 0 aliphatic carbocycles. The summed E-state index contributed by atoms with van der Waals surface area (Å²) < 4.78 is 1.85. The first-order chi connectivity index (χ1) is 8.43. The summed E-state index contributed by atoms with van der Waals surface area (Å²) in [6.45, 7) is 2.23. The first kappa shape index (κ1) is 10.7. The van der Waals surface area contributed by atoms with E-state index in [1.165, 1.54) is 19.3 Å². The molecule has 0 radical (unpaired) electrons. The number of hydrogen-bond acceptors (Lipinski definition) is 4. The molecule has 0 spiro atoms. The van der Waals surface area contributed by atoms with E-state index in [0.29, 0.717) is 5.92 Å². The molecule has 2 aromatic rings. The van der Waals surface area contributed by atoms with Crippen molar-refractivity contribution in [3.8, 4) is 0 Å². The van der Waals surface area contributed by atoms with Gasteiger partial charge in [-0.3, -0.25) is 0 Å². The van der Waals surface area contributed by atoms with Crippen molar-refractivity contribution in [2.75, 3.05) is 13.1 Å². The van der Waals surface area contributed by atoms with Gasteiger partial charge in [0.1, 0.15) is 0 Å². The lowest BCUT2D eigenvalue weighted by atomic mass is 9.99. The van der Waals surface area contributed by atoms with E-state index in [0.717, 1.165) is 31.0 Å². The maximum absolute atomic E-state index is 4.30. The van der Waals surface area contributed by atoms with Crippen LogP contribution in [0.3, 0.4) is 0 Å². The van der Waals surface area contributed by atoms with Crippen LogP contribution in [0.4, 0.5) is 0 Å². The van der Waals surface area contributed by atoms with Crippen molar-refractivity contribution >= 4 is 5.65 Å². The largest absolute Gasteiger partial charge is 0.316 e. The zero-order chi connectivity index (χ0) is 11.5. The Morgan fingerprint density at radius 2 is 2.35 bits per heavy atom. The van der Waals surface area contributed by atoms with E-state index in [1.54, 1.807) is 6.20 Å². The quantitative estimate of drug-likeness (QED) is 0.839. The Bertz CT molecular complexity index is 484. The molecule has 17 heavy (non-hydrogen) atoms. The highest BCUT2D eigenvalue weighted by atomic mass is 15.4.